The molecule has 0 rings (SSSR count). The summed E-state index contributed by atoms with van der Waals surface area (Å²) in [4.78, 5) is 0. The Morgan fingerprint density at radius 3 is 2.38 bits per heavy atom. The van der Waals surface area contributed by atoms with Gasteiger partial charge in [-0.3, -0.25) is 4.21 Å². The Balaban J connectivity index is 3.53. The van der Waals surface area contributed by atoms with E-state index in [0.29, 0.717) is 12.3 Å². The van der Waals surface area contributed by atoms with E-state index in [1.165, 1.54) is 0 Å². The molecule has 0 amide bonds. The van der Waals surface area contributed by atoms with Crippen LogP contribution in [0.2, 0.25) is 0 Å². The lowest BCUT2D eigenvalue weighted by atomic mass is 10.7. The van der Waals surface area contributed by atoms with Gasteiger partial charge >= 0.3 is 0 Å². The predicted octanol–water partition coefficient (Wildman–Crippen LogP) is -0.611. The Kier molecular flexibility index (Phi) is 6.53. The summed E-state index contributed by atoms with van der Waals surface area (Å²) in [5.41, 5.74) is 0. The van der Waals surface area contributed by atoms with Crippen LogP contribution in [-0.4, -0.2) is 49.2 Å². The molecule has 0 aromatic rings. The molecule has 4 nitrogen and oxygen atoms in total. The van der Waals surface area contributed by atoms with Gasteiger partial charge in [0.1, 0.15) is 9.84 Å². The van der Waals surface area contributed by atoms with E-state index in [4.69, 9.17) is 0 Å². The van der Waals surface area contributed by atoms with Gasteiger partial charge in [-0.15, -0.1) is 0 Å². The highest BCUT2D eigenvalue weighted by molar-refractivity contribution is 7.92. The molecule has 1 unspecified atom stereocenters. The van der Waals surface area contributed by atoms with Crippen molar-refractivity contribution in [2.24, 2.45) is 0 Å². The lowest BCUT2D eigenvalue weighted by Gasteiger charge is -2.01. The molecule has 80 valence electrons. The largest absolute Gasteiger partial charge is 0.316 e. The van der Waals surface area contributed by atoms with E-state index < -0.39 is 20.6 Å². The second-order valence-electron chi connectivity index (χ2n) is 2.83. The fraction of sp³-hybridized carbons (Fsp3) is 1.00. The smallest absolute Gasteiger partial charge is 0.148 e. The highest BCUT2D eigenvalue weighted by Gasteiger charge is 2.05. The molecular weight excluding hydrogens is 210 g/mol. The standard InChI is InChI=1S/C7H17NO3S2/c1-3-8-4-5-12(9)6-7-13(2,10)11/h8H,3-7H2,1-2H3. The molecule has 0 heterocycles. The van der Waals surface area contributed by atoms with Crippen LogP contribution in [0.1, 0.15) is 6.92 Å². The summed E-state index contributed by atoms with van der Waals surface area (Å²) in [6.45, 7) is 3.51. The minimum atomic E-state index is -2.96. The zero-order valence-electron chi connectivity index (χ0n) is 8.08. The first-order valence-electron chi connectivity index (χ1n) is 4.19. The van der Waals surface area contributed by atoms with Crippen molar-refractivity contribution in [1.29, 1.82) is 0 Å². The number of sulfone groups is 1. The van der Waals surface area contributed by atoms with E-state index in [1.807, 2.05) is 6.92 Å². The van der Waals surface area contributed by atoms with Crippen molar-refractivity contribution in [3.8, 4) is 0 Å². The third-order valence-electron chi connectivity index (χ3n) is 1.44. The van der Waals surface area contributed by atoms with Gasteiger partial charge in [0.2, 0.25) is 0 Å². The van der Waals surface area contributed by atoms with Crippen molar-refractivity contribution >= 4 is 20.6 Å². The summed E-state index contributed by atoms with van der Waals surface area (Å²) < 4.78 is 32.6. The van der Waals surface area contributed by atoms with Gasteiger partial charge in [0.05, 0.1) is 5.75 Å². The van der Waals surface area contributed by atoms with Gasteiger partial charge < -0.3 is 5.32 Å². The molecule has 0 spiro atoms. The van der Waals surface area contributed by atoms with Gasteiger partial charge in [-0.05, 0) is 6.54 Å². The van der Waals surface area contributed by atoms with Crippen molar-refractivity contribution < 1.29 is 12.6 Å². The highest BCUT2D eigenvalue weighted by Crippen LogP contribution is 1.87. The molecule has 0 bridgehead atoms. The topological polar surface area (TPSA) is 63.2 Å². The lowest BCUT2D eigenvalue weighted by molar-refractivity contribution is 0.602. The number of hydrogen-bond acceptors (Lipinski definition) is 4. The summed E-state index contributed by atoms with van der Waals surface area (Å²) in [6.07, 6.45) is 1.16. The van der Waals surface area contributed by atoms with E-state index in [9.17, 15) is 12.6 Å². The van der Waals surface area contributed by atoms with E-state index in [-0.39, 0.29) is 11.5 Å². The molecule has 1 N–H and O–H groups in total. The molecule has 13 heavy (non-hydrogen) atoms. The van der Waals surface area contributed by atoms with Crippen LogP contribution in [-0.2, 0) is 20.6 Å². The average molecular weight is 227 g/mol. The molecule has 1 atom stereocenters. The van der Waals surface area contributed by atoms with Gasteiger partial charge in [0.25, 0.3) is 0 Å². The molecule has 0 aromatic heterocycles. The van der Waals surface area contributed by atoms with Gasteiger partial charge in [0, 0.05) is 35.1 Å². The summed E-state index contributed by atoms with van der Waals surface area (Å²) in [6, 6.07) is 0. The number of rotatable bonds is 7. The van der Waals surface area contributed by atoms with Gasteiger partial charge in [-0.25, -0.2) is 8.42 Å². The van der Waals surface area contributed by atoms with Crippen LogP contribution in [0.25, 0.3) is 0 Å². The number of hydrogen-bond donors (Lipinski definition) is 1. The zero-order valence-corrected chi connectivity index (χ0v) is 9.71. The van der Waals surface area contributed by atoms with Crippen molar-refractivity contribution in [2.75, 3.05) is 36.6 Å². The maximum atomic E-state index is 11.2. The van der Waals surface area contributed by atoms with Crippen molar-refractivity contribution in [1.82, 2.24) is 5.32 Å². The first-order chi connectivity index (χ1) is 5.95. The van der Waals surface area contributed by atoms with Crippen molar-refractivity contribution in [2.45, 2.75) is 6.92 Å². The van der Waals surface area contributed by atoms with E-state index in [0.717, 1.165) is 12.8 Å². The highest BCUT2D eigenvalue weighted by atomic mass is 32.2. The van der Waals surface area contributed by atoms with Crippen LogP contribution < -0.4 is 5.32 Å². The molecule has 0 saturated heterocycles. The molecule has 0 aliphatic carbocycles. The summed E-state index contributed by atoms with van der Waals surface area (Å²) >= 11 is 0. The fourth-order valence-electron chi connectivity index (χ4n) is 0.709. The predicted molar refractivity (Wildman–Crippen MR) is 56.1 cm³/mol. The molecule has 6 heteroatoms. The zero-order chi connectivity index (χ0) is 10.3. The van der Waals surface area contributed by atoms with Crippen LogP contribution in [0, 0.1) is 0 Å². The first kappa shape index (κ1) is 13.1. The molecule has 0 fully saturated rings. The Morgan fingerprint density at radius 2 is 1.92 bits per heavy atom. The molecule has 0 saturated carbocycles. The first-order valence-corrected chi connectivity index (χ1v) is 7.74. The van der Waals surface area contributed by atoms with E-state index in [2.05, 4.69) is 5.32 Å². The van der Waals surface area contributed by atoms with Crippen molar-refractivity contribution in [3.05, 3.63) is 0 Å². The summed E-state index contributed by atoms with van der Waals surface area (Å²) in [5, 5.41) is 3.03. The van der Waals surface area contributed by atoms with Crippen molar-refractivity contribution in [3.63, 3.8) is 0 Å². The van der Waals surface area contributed by atoms with Gasteiger partial charge in [0.15, 0.2) is 0 Å². The molecule has 0 radical (unpaired) electrons. The second-order valence-corrected chi connectivity index (χ2v) is 6.79. The minimum absolute atomic E-state index is 0.0196. The minimum Gasteiger partial charge on any atom is -0.316 e. The van der Waals surface area contributed by atoms with Gasteiger partial charge in [-0.2, -0.15) is 0 Å². The molecule has 0 aliphatic heterocycles. The second kappa shape index (κ2) is 6.50. The average Bonchev–Trinajstić information content (AvgIpc) is 2.00. The van der Waals surface area contributed by atoms with E-state index >= 15 is 0 Å². The Bertz CT molecular complexity index is 248. The maximum absolute atomic E-state index is 11.2. The van der Waals surface area contributed by atoms with Gasteiger partial charge in [-0.1, -0.05) is 6.92 Å². The third-order valence-corrected chi connectivity index (χ3v) is 3.96. The number of nitrogens with one attached hydrogen (secondary N) is 1. The summed E-state index contributed by atoms with van der Waals surface area (Å²) in [7, 11) is -3.97. The molecular formula is C7H17NO3S2. The van der Waals surface area contributed by atoms with Crippen LogP contribution >= 0.6 is 0 Å². The van der Waals surface area contributed by atoms with E-state index in [1.54, 1.807) is 0 Å². The maximum Gasteiger partial charge on any atom is 0.148 e. The van der Waals surface area contributed by atoms with Crippen LogP contribution in [0.5, 0.6) is 0 Å². The quantitative estimate of drug-likeness (QED) is 0.589. The Hall–Kier alpha value is 0.0600. The Labute approximate surface area is 82.5 Å². The molecule has 0 aromatic carbocycles. The van der Waals surface area contributed by atoms with Crippen LogP contribution in [0.3, 0.4) is 0 Å². The normalized spacial score (nSPS) is 14.3. The Morgan fingerprint density at radius 1 is 1.31 bits per heavy atom. The SMILES string of the molecule is CCNCCS(=O)CCS(C)(=O)=O. The lowest BCUT2D eigenvalue weighted by Crippen LogP contribution is -2.22. The monoisotopic (exact) mass is 227 g/mol. The summed E-state index contributed by atoms with van der Waals surface area (Å²) in [5.74, 6) is 0.805. The fourth-order valence-corrected chi connectivity index (χ4v) is 3.24. The molecule has 0 aliphatic rings. The third kappa shape index (κ3) is 9.98. The van der Waals surface area contributed by atoms with Crippen LogP contribution in [0.4, 0.5) is 0 Å². The van der Waals surface area contributed by atoms with Crippen LogP contribution in [0.15, 0.2) is 0 Å².